The number of carbonyl (C=O) groups is 1. The van der Waals surface area contributed by atoms with Crippen molar-refractivity contribution in [2.45, 2.75) is 26.3 Å². The normalized spacial score (nSPS) is 11.4. The molecule has 0 aromatic carbocycles. The monoisotopic (exact) mass is 193 g/mol. The lowest BCUT2D eigenvalue weighted by Crippen LogP contribution is -2.39. The van der Waals surface area contributed by atoms with E-state index in [0.717, 1.165) is 0 Å². The summed E-state index contributed by atoms with van der Waals surface area (Å²) in [6.07, 6.45) is 4.47. The van der Waals surface area contributed by atoms with Crippen LogP contribution >= 0.6 is 0 Å². The first-order valence-corrected chi connectivity index (χ1v) is 4.52. The molecule has 4 heteroatoms. The average Bonchev–Trinajstić information content (AvgIpc) is 2.14. The minimum Gasteiger partial charge on any atom is -0.305 e. The molecule has 0 radical (unpaired) electrons. The molecule has 0 saturated heterocycles. The minimum atomic E-state index is -0.0503. The van der Waals surface area contributed by atoms with Gasteiger partial charge in [-0.25, -0.2) is 9.97 Å². The van der Waals surface area contributed by atoms with E-state index in [2.05, 4.69) is 15.3 Å². The predicted octanol–water partition coefficient (Wildman–Crippen LogP) is 1.05. The summed E-state index contributed by atoms with van der Waals surface area (Å²) in [5.74, 6) is 0.0144. The van der Waals surface area contributed by atoms with Crippen molar-refractivity contribution < 1.29 is 4.79 Å². The maximum Gasteiger partial charge on any atom is 0.179 e. The molecule has 0 atom stereocenters. The summed E-state index contributed by atoms with van der Waals surface area (Å²) < 4.78 is 0. The van der Waals surface area contributed by atoms with E-state index in [0.29, 0.717) is 12.1 Å². The summed E-state index contributed by atoms with van der Waals surface area (Å²) >= 11 is 0. The maximum absolute atomic E-state index is 11.5. The molecule has 1 rings (SSSR count). The fourth-order valence-corrected chi connectivity index (χ4v) is 0.891. The van der Waals surface area contributed by atoms with Gasteiger partial charge in [-0.05, 0) is 20.8 Å². The molecule has 1 heterocycles. The van der Waals surface area contributed by atoms with Crippen molar-refractivity contribution in [3.63, 3.8) is 0 Å². The van der Waals surface area contributed by atoms with Gasteiger partial charge in [-0.3, -0.25) is 4.79 Å². The highest BCUT2D eigenvalue weighted by atomic mass is 16.1. The van der Waals surface area contributed by atoms with Crippen LogP contribution in [0.15, 0.2) is 18.7 Å². The molecule has 0 spiro atoms. The second-order valence-corrected chi connectivity index (χ2v) is 4.15. The van der Waals surface area contributed by atoms with Crippen molar-refractivity contribution >= 4 is 5.78 Å². The van der Waals surface area contributed by atoms with Crippen molar-refractivity contribution in [1.29, 1.82) is 0 Å². The molecule has 0 aliphatic carbocycles. The van der Waals surface area contributed by atoms with E-state index in [1.807, 2.05) is 20.8 Å². The Morgan fingerprint density at radius 2 is 1.93 bits per heavy atom. The molecule has 1 aromatic rings. The van der Waals surface area contributed by atoms with E-state index in [4.69, 9.17) is 0 Å². The lowest BCUT2D eigenvalue weighted by Gasteiger charge is -2.19. The number of nitrogens with zero attached hydrogens (tertiary/aromatic N) is 2. The van der Waals surface area contributed by atoms with Crippen LogP contribution in [-0.4, -0.2) is 27.8 Å². The molecule has 76 valence electrons. The second kappa shape index (κ2) is 4.28. The zero-order valence-electron chi connectivity index (χ0n) is 8.74. The molecule has 14 heavy (non-hydrogen) atoms. The smallest absolute Gasteiger partial charge is 0.179 e. The summed E-state index contributed by atoms with van der Waals surface area (Å²) in [4.78, 5) is 19.1. The zero-order chi connectivity index (χ0) is 10.6. The number of aromatic nitrogens is 2. The Bertz CT molecular complexity index is 303. The molecular formula is C10H15N3O. The van der Waals surface area contributed by atoms with E-state index in [1.54, 1.807) is 0 Å². The topological polar surface area (TPSA) is 54.9 Å². The van der Waals surface area contributed by atoms with Gasteiger partial charge < -0.3 is 5.32 Å². The standard InChI is InChI=1S/C10H15N3O/c1-10(2,3)13-6-9(14)8-4-11-7-12-5-8/h4-5,7,13H,6H2,1-3H3. The van der Waals surface area contributed by atoms with Crippen molar-refractivity contribution in [3.8, 4) is 0 Å². The maximum atomic E-state index is 11.5. The highest BCUT2D eigenvalue weighted by molar-refractivity contribution is 5.97. The van der Waals surface area contributed by atoms with Crippen LogP contribution in [0.5, 0.6) is 0 Å². The minimum absolute atomic E-state index is 0.0144. The third kappa shape index (κ3) is 3.62. The summed E-state index contributed by atoms with van der Waals surface area (Å²) in [5, 5.41) is 3.12. The number of hydrogen-bond acceptors (Lipinski definition) is 4. The Balaban J connectivity index is 2.52. The van der Waals surface area contributed by atoms with Crippen molar-refractivity contribution in [1.82, 2.24) is 15.3 Å². The summed E-state index contributed by atoms with van der Waals surface area (Å²) in [6, 6.07) is 0. The van der Waals surface area contributed by atoms with Crippen LogP contribution in [0.25, 0.3) is 0 Å². The van der Waals surface area contributed by atoms with Gasteiger partial charge in [-0.15, -0.1) is 0 Å². The highest BCUT2D eigenvalue weighted by Gasteiger charge is 2.12. The first kappa shape index (κ1) is 10.8. The van der Waals surface area contributed by atoms with Crippen LogP contribution < -0.4 is 5.32 Å². The van der Waals surface area contributed by atoms with Gasteiger partial charge in [-0.2, -0.15) is 0 Å². The molecule has 0 saturated carbocycles. The Morgan fingerprint density at radius 3 is 2.43 bits per heavy atom. The molecular weight excluding hydrogens is 178 g/mol. The van der Waals surface area contributed by atoms with Crippen molar-refractivity contribution in [2.24, 2.45) is 0 Å². The Morgan fingerprint density at radius 1 is 1.36 bits per heavy atom. The van der Waals surface area contributed by atoms with Gasteiger partial charge >= 0.3 is 0 Å². The molecule has 1 aromatic heterocycles. The number of rotatable bonds is 3. The van der Waals surface area contributed by atoms with E-state index in [1.165, 1.54) is 18.7 Å². The fraction of sp³-hybridized carbons (Fsp3) is 0.500. The summed E-state index contributed by atoms with van der Waals surface area (Å²) in [5.41, 5.74) is 0.495. The first-order valence-electron chi connectivity index (χ1n) is 4.52. The Labute approximate surface area is 83.8 Å². The van der Waals surface area contributed by atoms with Gasteiger partial charge in [0.1, 0.15) is 6.33 Å². The lowest BCUT2D eigenvalue weighted by atomic mass is 10.1. The molecule has 0 aliphatic rings. The van der Waals surface area contributed by atoms with Crippen LogP contribution in [-0.2, 0) is 0 Å². The number of ketones is 1. The summed E-state index contributed by atoms with van der Waals surface area (Å²) in [7, 11) is 0. The Hall–Kier alpha value is -1.29. The number of Topliss-reactive ketones (excluding diaryl/α,β-unsaturated/α-hetero) is 1. The van der Waals surface area contributed by atoms with Crippen LogP contribution in [0.3, 0.4) is 0 Å². The summed E-state index contributed by atoms with van der Waals surface area (Å²) in [6.45, 7) is 6.36. The molecule has 0 amide bonds. The quantitative estimate of drug-likeness (QED) is 0.729. The third-order valence-corrected chi connectivity index (χ3v) is 1.66. The average molecular weight is 193 g/mol. The highest BCUT2D eigenvalue weighted by Crippen LogP contribution is 2.00. The number of carbonyl (C=O) groups excluding carboxylic acids is 1. The predicted molar refractivity (Wildman–Crippen MR) is 54.1 cm³/mol. The molecule has 0 aliphatic heterocycles. The second-order valence-electron chi connectivity index (χ2n) is 4.15. The van der Waals surface area contributed by atoms with Crippen LogP contribution in [0, 0.1) is 0 Å². The van der Waals surface area contributed by atoms with Crippen LogP contribution in [0.4, 0.5) is 0 Å². The molecule has 0 unspecified atom stereocenters. The van der Waals surface area contributed by atoms with Gasteiger partial charge in [-0.1, -0.05) is 0 Å². The van der Waals surface area contributed by atoms with Crippen molar-refractivity contribution in [2.75, 3.05) is 6.54 Å². The van der Waals surface area contributed by atoms with Gasteiger partial charge in [0.25, 0.3) is 0 Å². The van der Waals surface area contributed by atoms with E-state index >= 15 is 0 Å². The number of nitrogens with one attached hydrogen (secondary N) is 1. The Kier molecular flexibility index (Phi) is 3.30. The largest absolute Gasteiger partial charge is 0.305 e. The SMILES string of the molecule is CC(C)(C)NCC(=O)c1cncnc1. The third-order valence-electron chi connectivity index (χ3n) is 1.66. The van der Waals surface area contributed by atoms with Crippen molar-refractivity contribution in [3.05, 3.63) is 24.3 Å². The van der Waals surface area contributed by atoms with Crippen LogP contribution in [0.2, 0.25) is 0 Å². The molecule has 4 nitrogen and oxygen atoms in total. The fourth-order valence-electron chi connectivity index (χ4n) is 0.891. The van der Waals surface area contributed by atoms with Gasteiger partial charge in [0.2, 0.25) is 0 Å². The molecule has 0 bridgehead atoms. The van der Waals surface area contributed by atoms with Gasteiger partial charge in [0.05, 0.1) is 12.1 Å². The van der Waals surface area contributed by atoms with E-state index in [-0.39, 0.29) is 11.3 Å². The van der Waals surface area contributed by atoms with E-state index < -0.39 is 0 Å². The number of hydrogen-bond donors (Lipinski definition) is 1. The van der Waals surface area contributed by atoms with Crippen LogP contribution in [0.1, 0.15) is 31.1 Å². The molecule has 1 N–H and O–H groups in total. The zero-order valence-corrected chi connectivity index (χ0v) is 8.74. The lowest BCUT2D eigenvalue weighted by molar-refractivity contribution is 0.0981. The van der Waals surface area contributed by atoms with Gasteiger partial charge in [0, 0.05) is 17.9 Å². The molecule has 0 fully saturated rings. The van der Waals surface area contributed by atoms with Gasteiger partial charge in [0.15, 0.2) is 5.78 Å². The first-order chi connectivity index (χ1) is 6.49. The van der Waals surface area contributed by atoms with E-state index in [9.17, 15) is 4.79 Å².